The summed E-state index contributed by atoms with van der Waals surface area (Å²) in [5, 5.41) is 3.45. The Morgan fingerprint density at radius 1 is 1.48 bits per heavy atom. The molecule has 0 bridgehead atoms. The normalized spacial score (nSPS) is 24.3. The van der Waals surface area contributed by atoms with Crippen molar-refractivity contribution < 1.29 is 14.3 Å². The van der Waals surface area contributed by atoms with Crippen molar-refractivity contribution in [3.05, 3.63) is 23.2 Å². The highest BCUT2D eigenvalue weighted by atomic mass is 35.5. The highest BCUT2D eigenvalue weighted by Crippen LogP contribution is 2.37. The van der Waals surface area contributed by atoms with E-state index in [2.05, 4.69) is 19.2 Å². The molecule has 2 rings (SSSR count). The summed E-state index contributed by atoms with van der Waals surface area (Å²) in [6.45, 7) is 4.84. The first-order chi connectivity index (χ1) is 11.0. The molecule has 0 radical (unpaired) electrons. The molecule has 128 valence electrons. The number of carbonyl (C=O) groups excluding carboxylic acids is 1. The zero-order valence-corrected chi connectivity index (χ0v) is 14.9. The summed E-state index contributed by atoms with van der Waals surface area (Å²) in [4.78, 5) is 12.9. The van der Waals surface area contributed by atoms with Crippen LogP contribution in [0.1, 0.15) is 46.0 Å². The van der Waals surface area contributed by atoms with Gasteiger partial charge in [0.2, 0.25) is 0 Å². The van der Waals surface area contributed by atoms with E-state index in [-0.39, 0.29) is 5.91 Å². The second-order valence-corrected chi connectivity index (χ2v) is 6.75. The van der Waals surface area contributed by atoms with E-state index in [1.54, 1.807) is 25.3 Å². The summed E-state index contributed by atoms with van der Waals surface area (Å²) < 4.78 is 11.2. The van der Waals surface area contributed by atoms with Crippen LogP contribution >= 0.6 is 11.6 Å². The Morgan fingerprint density at radius 2 is 2.26 bits per heavy atom. The molecular weight excluding hydrogens is 314 g/mol. The molecule has 0 heterocycles. The molecule has 0 saturated heterocycles. The fourth-order valence-corrected chi connectivity index (χ4v) is 3.45. The second kappa shape index (κ2) is 8.02. The van der Waals surface area contributed by atoms with Crippen molar-refractivity contribution >= 4 is 23.2 Å². The van der Waals surface area contributed by atoms with Crippen molar-refractivity contribution in [3.63, 3.8) is 0 Å². The fourth-order valence-electron chi connectivity index (χ4n) is 3.19. The van der Waals surface area contributed by atoms with Crippen LogP contribution in [0.5, 0.6) is 5.75 Å². The number of hydrogen-bond acceptors (Lipinski definition) is 3. The molecule has 0 spiro atoms. The Bertz CT molecular complexity index is 549. The predicted octanol–water partition coefficient (Wildman–Crippen LogP) is 4.66. The van der Waals surface area contributed by atoms with Crippen LogP contribution in [-0.4, -0.2) is 25.2 Å². The van der Waals surface area contributed by atoms with Crippen molar-refractivity contribution in [2.75, 3.05) is 19.0 Å². The molecule has 5 heteroatoms. The van der Waals surface area contributed by atoms with Gasteiger partial charge in [0, 0.05) is 12.3 Å². The molecule has 1 N–H and O–H groups in total. The minimum absolute atomic E-state index is 0.0706. The van der Waals surface area contributed by atoms with Gasteiger partial charge >= 0.3 is 0 Å². The molecule has 2 atom stereocenters. The smallest absolute Gasteiger partial charge is 0.256 e. The Labute approximate surface area is 143 Å². The second-order valence-electron chi connectivity index (χ2n) is 6.35. The summed E-state index contributed by atoms with van der Waals surface area (Å²) in [7, 11) is 1.57. The number of halogens is 1. The molecule has 1 aromatic rings. The lowest BCUT2D eigenvalue weighted by atomic mass is 9.78. The summed E-state index contributed by atoms with van der Waals surface area (Å²) in [5.41, 5.74) is -0.0569. The maximum absolute atomic E-state index is 12.9. The first-order valence-corrected chi connectivity index (χ1v) is 8.67. The van der Waals surface area contributed by atoms with Crippen molar-refractivity contribution in [3.8, 4) is 5.75 Å². The number of anilines is 1. The average molecular weight is 340 g/mol. The number of benzene rings is 1. The number of hydrogen-bond donors (Lipinski definition) is 1. The molecule has 1 aromatic carbocycles. The topological polar surface area (TPSA) is 47.6 Å². The first kappa shape index (κ1) is 18.1. The van der Waals surface area contributed by atoms with Crippen LogP contribution in [0.3, 0.4) is 0 Å². The summed E-state index contributed by atoms with van der Waals surface area (Å²) >= 11 is 6.13. The zero-order valence-electron chi connectivity index (χ0n) is 14.2. The number of nitrogens with one attached hydrogen (secondary N) is 1. The van der Waals surface area contributed by atoms with Gasteiger partial charge in [-0.1, -0.05) is 31.9 Å². The van der Waals surface area contributed by atoms with Gasteiger partial charge in [0.05, 0.1) is 12.1 Å². The van der Waals surface area contributed by atoms with Gasteiger partial charge in [-0.25, -0.2) is 0 Å². The predicted molar refractivity (Wildman–Crippen MR) is 93.2 cm³/mol. The highest BCUT2D eigenvalue weighted by Gasteiger charge is 2.42. The fraction of sp³-hybridized carbons (Fsp3) is 0.611. The molecule has 1 saturated carbocycles. The third-order valence-electron chi connectivity index (χ3n) is 4.36. The average Bonchev–Trinajstić information content (AvgIpc) is 2.53. The Kier molecular flexibility index (Phi) is 6.31. The quantitative estimate of drug-likeness (QED) is 0.819. The number of ether oxygens (including phenoxy) is 2. The third kappa shape index (κ3) is 4.39. The van der Waals surface area contributed by atoms with E-state index in [4.69, 9.17) is 21.1 Å². The maximum atomic E-state index is 12.9. The number of carbonyl (C=O) groups is 1. The van der Waals surface area contributed by atoms with E-state index in [0.29, 0.717) is 29.0 Å². The third-order valence-corrected chi connectivity index (χ3v) is 4.66. The maximum Gasteiger partial charge on any atom is 0.256 e. The van der Waals surface area contributed by atoms with Crippen LogP contribution in [0.25, 0.3) is 0 Å². The standard InChI is InChI=1S/C18H26ClNO3/c1-4-10-23-18(9-5-6-13(2)12-18)17(21)20-14-7-8-16(22-3)15(19)11-14/h7-8,11,13H,4-6,9-10,12H2,1-3H3,(H,20,21). The van der Waals surface area contributed by atoms with Gasteiger partial charge in [0.1, 0.15) is 11.4 Å². The number of amides is 1. The van der Waals surface area contributed by atoms with Crippen LogP contribution in [-0.2, 0) is 9.53 Å². The monoisotopic (exact) mass is 339 g/mol. The molecule has 4 nitrogen and oxygen atoms in total. The van der Waals surface area contributed by atoms with Gasteiger partial charge in [-0.15, -0.1) is 0 Å². The van der Waals surface area contributed by atoms with Gasteiger partial charge < -0.3 is 14.8 Å². The van der Waals surface area contributed by atoms with Crippen LogP contribution in [0.2, 0.25) is 5.02 Å². The minimum atomic E-state index is -0.722. The van der Waals surface area contributed by atoms with Crippen LogP contribution in [0, 0.1) is 5.92 Å². The first-order valence-electron chi connectivity index (χ1n) is 8.29. The SMILES string of the molecule is CCCOC1(C(=O)Nc2ccc(OC)c(Cl)c2)CCCC(C)C1. The Morgan fingerprint density at radius 3 is 2.87 bits per heavy atom. The summed E-state index contributed by atoms with van der Waals surface area (Å²) in [6.07, 6.45) is 4.61. The lowest BCUT2D eigenvalue weighted by molar-refractivity contribution is -0.148. The van der Waals surface area contributed by atoms with E-state index >= 15 is 0 Å². The van der Waals surface area contributed by atoms with Crippen molar-refractivity contribution in [1.82, 2.24) is 0 Å². The summed E-state index contributed by atoms with van der Waals surface area (Å²) in [6, 6.07) is 5.25. The molecular formula is C18H26ClNO3. The lowest BCUT2D eigenvalue weighted by Crippen LogP contribution is -2.48. The van der Waals surface area contributed by atoms with Crippen LogP contribution in [0.15, 0.2) is 18.2 Å². The summed E-state index contributed by atoms with van der Waals surface area (Å²) in [5.74, 6) is 1.01. The molecule has 0 aromatic heterocycles. The largest absolute Gasteiger partial charge is 0.495 e. The van der Waals surface area contributed by atoms with E-state index in [9.17, 15) is 4.79 Å². The van der Waals surface area contributed by atoms with Crippen LogP contribution in [0.4, 0.5) is 5.69 Å². The number of methoxy groups -OCH3 is 1. The molecule has 1 fully saturated rings. The number of rotatable bonds is 6. The molecule has 1 amide bonds. The van der Waals surface area contributed by atoms with Crippen molar-refractivity contribution in [2.45, 2.75) is 51.6 Å². The van der Waals surface area contributed by atoms with E-state index < -0.39 is 5.60 Å². The zero-order chi connectivity index (χ0) is 16.9. The van der Waals surface area contributed by atoms with E-state index in [0.717, 1.165) is 32.1 Å². The lowest BCUT2D eigenvalue weighted by Gasteiger charge is -2.38. The van der Waals surface area contributed by atoms with Crippen LogP contribution < -0.4 is 10.1 Å². The molecule has 23 heavy (non-hydrogen) atoms. The van der Waals surface area contributed by atoms with Gasteiger partial charge in [0.25, 0.3) is 5.91 Å². The molecule has 1 aliphatic rings. The minimum Gasteiger partial charge on any atom is -0.495 e. The van der Waals surface area contributed by atoms with Crippen molar-refractivity contribution in [2.24, 2.45) is 5.92 Å². The van der Waals surface area contributed by atoms with E-state index in [1.165, 1.54) is 0 Å². The van der Waals surface area contributed by atoms with Gasteiger partial charge in [-0.3, -0.25) is 4.79 Å². The van der Waals surface area contributed by atoms with Gasteiger partial charge in [-0.05, 0) is 49.8 Å². The Balaban J connectivity index is 2.15. The Hall–Kier alpha value is -1.26. The van der Waals surface area contributed by atoms with E-state index in [1.807, 2.05) is 0 Å². The highest BCUT2D eigenvalue weighted by molar-refractivity contribution is 6.32. The molecule has 0 aliphatic heterocycles. The van der Waals surface area contributed by atoms with Gasteiger partial charge in [-0.2, -0.15) is 0 Å². The van der Waals surface area contributed by atoms with Gasteiger partial charge in [0.15, 0.2) is 0 Å². The molecule has 2 unspecified atom stereocenters. The molecule has 1 aliphatic carbocycles. The van der Waals surface area contributed by atoms with Crippen molar-refractivity contribution in [1.29, 1.82) is 0 Å².